The number of amides is 1. The standard InChI is InChI=1S/C18H21NO2/c20-13-11-15-8-3-4-12-19(15)18(21)17-10-5-7-14-6-1-2-9-16(14)17/h1-2,5-7,9-10,15,20H,3-4,8,11-13H2. The molecule has 1 fully saturated rings. The lowest BCUT2D eigenvalue weighted by Crippen LogP contribution is -2.44. The van der Waals surface area contributed by atoms with Crippen molar-refractivity contribution in [2.24, 2.45) is 0 Å². The van der Waals surface area contributed by atoms with Crippen molar-refractivity contribution in [2.45, 2.75) is 31.7 Å². The predicted octanol–water partition coefficient (Wildman–Crippen LogP) is 3.22. The molecule has 3 rings (SSSR count). The molecule has 1 N–H and O–H groups in total. The van der Waals surface area contributed by atoms with Crippen LogP contribution in [-0.2, 0) is 0 Å². The number of carbonyl (C=O) groups excluding carboxylic acids is 1. The van der Waals surface area contributed by atoms with Crippen molar-refractivity contribution in [2.75, 3.05) is 13.2 Å². The van der Waals surface area contributed by atoms with Crippen molar-refractivity contribution in [3.63, 3.8) is 0 Å². The fourth-order valence-electron chi connectivity index (χ4n) is 3.28. The SMILES string of the molecule is O=C(c1cccc2ccccc12)N1CCCCC1CCO. The van der Waals surface area contributed by atoms with Gasteiger partial charge in [-0.2, -0.15) is 0 Å². The molecule has 1 aliphatic heterocycles. The van der Waals surface area contributed by atoms with Gasteiger partial charge in [-0.15, -0.1) is 0 Å². The first-order valence-corrected chi connectivity index (χ1v) is 7.71. The third-order valence-corrected chi connectivity index (χ3v) is 4.37. The lowest BCUT2D eigenvalue weighted by Gasteiger charge is -2.35. The first kappa shape index (κ1) is 14.1. The summed E-state index contributed by atoms with van der Waals surface area (Å²) in [5, 5.41) is 11.3. The molecule has 0 spiro atoms. The number of aliphatic hydroxyl groups excluding tert-OH is 1. The molecule has 110 valence electrons. The Labute approximate surface area is 125 Å². The third kappa shape index (κ3) is 2.79. The summed E-state index contributed by atoms with van der Waals surface area (Å²) in [4.78, 5) is 14.9. The number of likely N-dealkylation sites (tertiary alicyclic amines) is 1. The highest BCUT2D eigenvalue weighted by Gasteiger charge is 2.27. The van der Waals surface area contributed by atoms with Crippen molar-refractivity contribution in [1.82, 2.24) is 4.90 Å². The Balaban J connectivity index is 1.95. The molecular weight excluding hydrogens is 262 g/mol. The molecule has 0 bridgehead atoms. The Bertz CT molecular complexity index is 631. The molecule has 0 radical (unpaired) electrons. The van der Waals surface area contributed by atoms with E-state index in [0.29, 0.717) is 6.42 Å². The number of nitrogens with zero attached hydrogens (tertiary/aromatic N) is 1. The molecule has 2 aromatic rings. The Kier molecular flexibility index (Phi) is 4.20. The molecule has 3 heteroatoms. The van der Waals surface area contributed by atoms with Gasteiger partial charge >= 0.3 is 0 Å². The highest BCUT2D eigenvalue weighted by molar-refractivity contribution is 6.07. The van der Waals surface area contributed by atoms with Gasteiger partial charge < -0.3 is 10.0 Å². The summed E-state index contributed by atoms with van der Waals surface area (Å²) in [6.07, 6.45) is 3.87. The van der Waals surface area contributed by atoms with E-state index in [1.54, 1.807) is 0 Å². The summed E-state index contributed by atoms with van der Waals surface area (Å²) in [7, 11) is 0. The van der Waals surface area contributed by atoms with Crippen LogP contribution in [0, 0.1) is 0 Å². The number of benzene rings is 2. The number of carbonyl (C=O) groups is 1. The van der Waals surface area contributed by atoms with Gasteiger partial charge in [0.2, 0.25) is 0 Å². The van der Waals surface area contributed by atoms with Crippen LogP contribution in [-0.4, -0.2) is 35.1 Å². The van der Waals surface area contributed by atoms with Gasteiger partial charge in [0.1, 0.15) is 0 Å². The van der Waals surface area contributed by atoms with E-state index in [1.165, 1.54) is 0 Å². The van der Waals surface area contributed by atoms with Crippen LogP contribution in [0.2, 0.25) is 0 Å². The van der Waals surface area contributed by atoms with E-state index < -0.39 is 0 Å². The summed E-state index contributed by atoms with van der Waals surface area (Å²) in [5.74, 6) is 0.102. The van der Waals surface area contributed by atoms with Crippen molar-refractivity contribution in [1.29, 1.82) is 0 Å². The molecular formula is C18H21NO2. The number of hydrogen-bond acceptors (Lipinski definition) is 2. The quantitative estimate of drug-likeness (QED) is 0.939. The zero-order chi connectivity index (χ0) is 14.7. The molecule has 0 saturated carbocycles. The van der Waals surface area contributed by atoms with Crippen LogP contribution in [0.5, 0.6) is 0 Å². The largest absolute Gasteiger partial charge is 0.396 e. The zero-order valence-electron chi connectivity index (χ0n) is 12.2. The van der Waals surface area contributed by atoms with E-state index in [4.69, 9.17) is 0 Å². The molecule has 1 unspecified atom stereocenters. The number of fused-ring (bicyclic) bond motifs is 1. The lowest BCUT2D eigenvalue weighted by atomic mass is 9.97. The molecule has 1 atom stereocenters. The van der Waals surface area contributed by atoms with Gasteiger partial charge in [-0.3, -0.25) is 4.79 Å². The van der Waals surface area contributed by atoms with Gasteiger partial charge in [0.15, 0.2) is 0 Å². The smallest absolute Gasteiger partial charge is 0.254 e. The minimum Gasteiger partial charge on any atom is -0.396 e. The van der Waals surface area contributed by atoms with Crippen molar-refractivity contribution in [3.05, 3.63) is 48.0 Å². The van der Waals surface area contributed by atoms with E-state index in [-0.39, 0.29) is 18.6 Å². The normalized spacial score (nSPS) is 18.9. The predicted molar refractivity (Wildman–Crippen MR) is 84.3 cm³/mol. The monoisotopic (exact) mass is 283 g/mol. The fourth-order valence-corrected chi connectivity index (χ4v) is 3.28. The van der Waals surface area contributed by atoms with Crippen LogP contribution >= 0.6 is 0 Å². The van der Waals surface area contributed by atoms with E-state index >= 15 is 0 Å². The topological polar surface area (TPSA) is 40.5 Å². The van der Waals surface area contributed by atoms with Gasteiger partial charge in [-0.1, -0.05) is 36.4 Å². The molecule has 0 aromatic heterocycles. The molecule has 2 aromatic carbocycles. The van der Waals surface area contributed by atoms with Gasteiger partial charge in [-0.25, -0.2) is 0 Å². The second-order valence-corrected chi connectivity index (χ2v) is 5.69. The van der Waals surface area contributed by atoms with Crippen molar-refractivity contribution >= 4 is 16.7 Å². The van der Waals surface area contributed by atoms with Gasteiger partial charge in [0.25, 0.3) is 5.91 Å². The molecule has 3 nitrogen and oxygen atoms in total. The maximum atomic E-state index is 12.9. The molecule has 21 heavy (non-hydrogen) atoms. The maximum Gasteiger partial charge on any atom is 0.254 e. The highest BCUT2D eigenvalue weighted by Crippen LogP contribution is 2.25. The number of aliphatic hydroxyl groups is 1. The second-order valence-electron chi connectivity index (χ2n) is 5.69. The molecule has 1 saturated heterocycles. The van der Waals surface area contributed by atoms with Crippen LogP contribution in [0.3, 0.4) is 0 Å². The Hall–Kier alpha value is -1.87. The summed E-state index contributed by atoms with van der Waals surface area (Å²) in [5.41, 5.74) is 0.776. The fraction of sp³-hybridized carbons (Fsp3) is 0.389. The first-order chi connectivity index (χ1) is 10.3. The number of rotatable bonds is 3. The Morgan fingerprint density at radius 1 is 1.14 bits per heavy atom. The van der Waals surface area contributed by atoms with Crippen molar-refractivity contribution < 1.29 is 9.90 Å². The molecule has 0 aliphatic carbocycles. The Morgan fingerprint density at radius 2 is 1.95 bits per heavy atom. The van der Waals surface area contributed by atoms with Crippen LogP contribution in [0.15, 0.2) is 42.5 Å². The van der Waals surface area contributed by atoms with Crippen LogP contribution in [0.1, 0.15) is 36.0 Å². The average Bonchev–Trinajstić information content (AvgIpc) is 2.54. The summed E-state index contributed by atoms with van der Waals surface area (Å²) >= 11 is 0. The summed E-state index contributed by atoms with van der Waals surface area (Å²) < 4.78 is 0. The van der Waals surface area contributed by atoms with Gasteiger partial charge in [-0.05, 0) is 42.5 Å². The van der Waals surface area contributed by atoms with E-state index in [2.05, 4.69) is 0 Å². The van der Waals surface area contributed by atoms with Crippen LogP contribution in [0.4, 0.5) is 0 Å². The second kappa shape index (κ2) is 6.27. The summed E-state index contributed by atoms with van der Waals surface area (Å²) in [6, 6.07) is 14.1. The molecule has 1 amide bonds. The minimum absolute atomic E-state index is 0.102. The van der Waals surface area contributed by atoms with Crippen molar-refractivity contribution in [3.8, 4) is 0 Å². The number of piperidine rings is 1. The minimum atomic E-state index is 0.102. The summed E-state index contributed by atoms with van der Waals surface area (Å²) in [6.45, 7) is 0.941. The third-order valence-electron chi connectivity index (χ3n) is 4.37. The van der Waals surface area contributed by atoms with E-state index in [1.807, 2.05) is 47.4 Å². The first-order valence-electron chi connectivity index (χ1n) is 7.71. The zero-order valence-corrected chi connectivity index (χ0v) is 12.2. The Morgan fingerprint density at radius 3 is 2.81 bits per heavy atom. The van der Waals surface area contributed by atoms with Crippen LogP contribution < -0.4 is 0 Å². The molecule has 1 heterocycles. The maximum absolute atomic E-state index is 12.9. The van der Waals surface area contributed by atoms with Crippen LogP contribution in [0.25, 0.3) is 10.8 Å². The number of hydrogen-bond donors (Lipinski definition) is 1. The van der Waals surface area contributed by atoms with Gasteiger partial charge in [0.05, 0.1) is 0 Å². The highest BCUT2D eigenvalue weighted by atomic mass is 16.3. The van der Waals surface area contributed by atoms with Gasteiger partial charge in [0, 0.05) is 24.8 Å². The van der Waals surface area contributed by atoms with E-state index in [9.17, 15) is 9.90 Å². The average molecular weight is 283 g/mol. The molecule has 1 aliphatic rings. The van der Waals surface area contributed by atoms with E-state index in [0.717, 1.165) is 42.1 Å². The lowest BCUT2D eigenvalue weighted by molar-refractivity contribution is 0.0576.